The van der Waals surface area contributed by atoms with Gasteiger partial charge in [-0.2, -0.15) is 0 Å². The van der Waals surface area contributed by atoms with Gasteiger partial charge in [0.25, 0.3) is 5.91 Å². The number of esters is 1. The molecule has 8 heteroatoms. The van der Waals surface area contributed by atoms with Gasteiger partial charge >= 0.3 is 5.97 Å². The van der Waals surface area contributed by atoms with Crippen LogP contribution in [0.3, 0.4) is 0 Å². The molecule has 1 fully saturated rings. The Morgan fingerprint density at radius 2 is 2.00 bits per heavy atom. The van der Waals surface area contributed by atoms with Crippen LogP contribution in [0.25, 0.3) is 17.4 Å². The maximum atomic E-state index is 12.8. The van der Waals surface area contributed by atoms with Gasteiger partial charge in [-0.15, -0.1) is 0 Å². The third-order valence-electron chi connectivity index (χ3n) is 4.40. The van der Waals surface area contributed by atoms with Crippen molar-refractivity contribution in [1.82, 2.24) is 9.88 Å². The molecule has 1 amide bonds. The molecular weight excluding hydrogens is 420 g/mol. The van der Waals surface area contributed by atoms with Gasteiger partial charge in [-0.3, -0.25) is 9.69 Å². The highest BCUT2D eigenvalue weighted by atomic mass is 32.2. The van der Waals surface area contributed by atoms with Gasteiger partial charge in [-0.25, -0.2) is 9.78 Å². The van der Waals surface area contributed by atoms with Crippen LogP contribution in [-0.4, -0.2) is 33.2 Å². The zero-order valence-corrected chi connectivity index (χ0v) is 17.5. The van der Waals surface area contributed by atoms with Gasteiger partial charge in [0.2, 0.25) is 0 Å². The smallest absolute Gasteiger partial charge is 0.356 e. The summed E-state index contributed by atoms with van der Waals surface area (Å²) in [6.07, 6.45) is 3.22. The van der Waals surface area contributed by atoms with Gasteiger partial charge < -0.3 is 9.15 Å². The first-order valence-corrected chi connectivity index (χ1v) is 10.2. The van der Waals surface area contributed by atoms with Gasteiger partial charge in [0.05, 0.1) is 18.6 Å². The van der Waals surface area contributed by atoms with Crippen LogP contribution in [0.15, 0.2) is 70.1 Å². The molecule has 150 valence electrons. The SMILES string of the molecule is COC(=O)c1ccc(-c2ccc(/C=C3\SC(=S)N(Cc4ccccc4)C3=O)o2)cn1. The Morgan fingerprint density at radius 3 is 2.70 bits per heavy atom. The number of furan rings is 1. The molecule has 1 aliphatic heterocycles. The average Bonchev–Trinajstić information content (AvgIpc) is 3.34. The number of amides is 1. The molecule has 4 rings (SSSR count). The summed E-state index contributed by atoms with van der Waals surface area (Å²) in [5, 5.41) is 0. The van der Waals surface area contributed by atoms with Crippen molar-refractivity contribution in [3.8, 4) is 11.3 Å². The maximum absolute atomic E-state index is 12.8. The number of pyridine rings is 1. The zero-order chi connectivity index (χ0) is 21.1. The van der Waals surface area contributed by atoms with E-state index in [1.165, 1.54) is 25.1 Å². The van der Waals surface area contributed by atoms with E-state index in [1.54, 1.807) is 35.2 Å². The van der Waals surface area contributed by atoms with Crippen LogP contribution in [0, 0.1) is 0 Å². The molecule has 0 spiro atoms. The minimum absolute atomic E-state index is 0.143. The second-order valence-electron chi connectivity index (χ2n) is 6.38. The number of ether oxygens (including phenoxy) is 1. The van der Waals surface area contributed by atoms with Crippen molar-refractivity contribution in [3.63, 3.8) is 0 Å². The average molecular weight is 437 g/mol. The summed E-state index contributed by atoms with van der Waals surface area (Å²) in [6.45, 7) is 0.435. The quantitative estimate of drug-likeness (QED) is 0.331. The molecule has 0 aliphatic carbocycles. The molecule has 1 aromatic carbocycles. The minimum atomic E-state index is -0.501. The first-order chi connectivity index (χ1) is 14.5. The summed E-state index contributed by atoms with van der Waals surface area (Å²) in [5.74, 6) is 0.460. The van der Waals surface area contributed by atoms with Gasteiger partial charge in [-0.1, -0.05) is 54.3 Å². The van der Waals surface area contributed by atoms with Crippen LogP contribution < -0.4 is 0 Å². The Kier molecular flexibility index (Phi) is 5.78. The van der Waals surface area contributed by atoms with Crippen LogP contribution in [0.5, 0.6) is 0 Å². The highest BCUT2D eigenvalue weighted by Gasteiger charge is 2.32. The van der Waals surface area contributed by atoms with E-state index in [2.05, 4.69) is 9.72 Å². The van der Waals surface area contributed by atoms with E-state index in [9.17, 15) is 9.59 Å². The van der Waals surface area contributed by atoms with Crippen molar-refractivity contribution in [2.45, 2.75) is 6.54 Å². The van der Waals surface area contributed by atoms with E-state index >= 15 is 0 Å². The Bertz CT molecular complexity index is 1140. The second-order valence-corrected chi connectivity index (χ2v) is 8.05. The Hall–Kier alpha value is -3.23. The summed E-state index contributed by atoms with van der Waals surface area (Å²) < 4.78 is 11.0. The fraction of sp³-hybridized carbons (Fsp3) is 0.0909. The van der Waals surface area contributed by atoms with Gasteiger partial charge in [0, 0.05) is 17.8 Å². The van der Waals surface area contributed by atoms with Crippen LogP contribution in [0.2, 0.25) is 0 Å². The van der Waals surface area contributed by atoms with Crippen LogP contribution in [-0.2, 0) is 16.1 Å². The molecule has 1 aliphatic rings. The summed E-state index contributed by atoms with van der Waals surface area (Å²) in [7, 11) is 1.30. The highest BCUT2D eigenvalue weighted by Crippen LogP contribution is 2.34. The van der Waals surface area contributed by atoms with Crippen LogP contribution in [0.4, 0.5) is 0 Å². The molecule has 30 heavy (non-hydrogen) atoms. The van der Waals surface area contributed by atoms with Gasteiger partial charge in [0.15, 0.2) is 0 Å². The number of thiocarbonyl (C=S) groups is 1. The fourth-order valence-corrected chi connectivity index (χ4v) is 4.12. The minimum Gasteiger partial charge on any atom is -0.464 e. The Labute approximate surface area is 182 Å². The lowest BCUT2D eigenvalue weighted by atomic mass is 10.2. The van der Waals surface area contributed by atoms with Crippen LogP contribution >= 0.6 is 24.0 Å². The topological polar surface area (TPSA) is 72.6 Å². The molecule has 3 heterocycles. The first kappa shape index (κ1) is 20.1. The number of rotatable bonds is 5. The van der Waals surface area contributed by atoms with Crippen molar-refractivity contribution in [1.29, 1.82) is 0 Å². The van der Waals surface area contributed by atoms with Crippen molar-refractivity contribution in [3.05, 3.63) is 82.7 Å². The molecule has 6 nitrogen and oxygen atoms in total. The van der Waals surface area contributed by atoms with Crippen molar-refractivity contribution >= 4 is 46.3 Å². The number of carbonyl (C=O) groups is 2. The molecule has 1 saturated heterocycles. The number of hydrogen-bond acceptors (Lipinski definition) is 7. The Morgan fingerprint density at radius 1 is 1.20 bits per heavy atom. The van der Waals surface area contributed by atoms with E-state index in [4.69, 9.17) is 16.6 Å². The predicted octanol–water partition coefficient (Wildman–Crippen LogP) is 4.53. The van der Waals surface area contributed by atoms with E-state index in [-0.39, 0.29) is 11.6 Å². The number of nitrogens with zero attached hydrogens (tertiary/aromatic N) is 2. The Balaban J connectivity index is 1.50. The largest absolute Gasteiger partial charge is 0.464 e. The standard InChI is InChI=1S/C22H16N2O4S2/c1-27-21(26)17-9-7-15(12-23-17)18-10-8-16(28-18)11-19-20(25)24(22(29)30-19)13-14-5-3-2-4-6-14/h2-12H,13H2,1H3/b19-11-. The summed E-state index contributed by atoms with van der Waals surface area (Å²) >= 11 is 6.64. The second kappa shape index (κ2) is 8.64. The fourth-order valence-electron chi connectivity index (χ4n) is 2.88. The van der Waals surface area contributed by atoms with E-state index < -0.39 is 5.97 Å². The number of thioether (sulfide) groups is 1. The molecule has 0 bridgehead atoms. The molecule has 2 aromatic heterocycles. The first-order valence-electron chi connectivity index (χ1n) is 8.99. The predicted molar refractivity (Wildman–Crippen MR) is 118 cm³/mol. The molecule has 0 atom stereocenters. The number of carbonyl (C=O) groups excluding carboxylic acids is 2. The number of aromatic nitrogens is 1. The third kappa shape index (κ3) is 4.19. The van der Waals surface area contributed by atoms with Crippen LogP contribution in [0.1, 0.15) is 21.8 Å². The molecule has 3 aromatic rings. The number of methoxy groups -OCH3 is 1. The summed E-state index contributed by atoms with van der Waals surface area (Å²) in [5.41, 5.74) is 1.94. The zero-order valence-electron chi connectivity index (χ0n) is 15.9. The maximum Gasteiger partial charge on any atom is 0.356 e. The number of benzene rings is 1. The van der Waals surface area contributed by atoms with Crippen molar-refractivity contribution < 1.29 is 18.7 Å². The molecule has 0 saturated carbocycles. The molecule has 0 radical (unpaired) electrons. The summed E-state index contributed by atoms with van der Waals surface area (Å²) in [4.78, 5) is 30.5. The van der Waals surface area contributed by atoms with Gasteiger partial charge in [-0.05, 0) is 29.8 Å². The van der Waals surface area contributed by atoms with Crippen molar-refractivity contribution in [2.24, 2.45) is 0 Å². The van der Waals surface area contributed by atoms with Crippen molar-refractivity contribution in [2.75, 3.05) is 7.11 Å². The molecule has 0 unspecified atom stereocenters. The van der Waals surface area contributed by atoms with E-state index in [0.29, 0.717) is 32.9 Å². The number of hydrogen-bond donors (Lipinski definition) is 0. The monoisotopic (exact) mass is 436 g/mol. The summed E-state index contributed by atoms with van der Waals surface area (Å²) in [6, 6.07) is 16.6. The molecular formula is C22H16N2O4S2. The lowest BCUT2D eigenvalue weighted by Crippen LogP contribution is -2.27. The highest BCUT2D eigenvalue weighted by molar-refractivity contribution is 8.26. The van der Waals surface area contributed by atoms with Gasteiger partial charge in [0.1, 0.15) is 21.5 Å². The van der Waals surface area contributed by atoms with E-state index in [0.717, 1.165) is 5.56 Å². The third-order valence-corrected chi connectivity index (χ3v) is 5.78. The lowest BCUT2D eigenvalue weighted by Gasteiger charge is -2.14. The normalized spacial score (nSPS) is 15.1. The lowest BCUT2D eigenvalue weighted by molar-refractivity contribution is -0.122. The van der Waals surface area contributed by atoms with E-state index in [1.807, 2.05) is 30.3 Å². The molecule has 0 N–H and O–H groups in total.